The van der Waals surface area contributed by atoms with Crippen molar-refractivity contribution in [2.75, 3.05) is 6.61 Å². The fourth-order valence-corrected chi connectivity index (χ4v) is 3.03. The van der Waals surface area contributed by atoms with Gasteiger partial charge in [-0.2, -0.15) is 5.26 Å². The van der Waals surface area contributed by atoms with Crippen LogP contribution in [0.25, 0.3) is 11.6 Å². The van der Waals surface area contributed by atoms with Gasteiger partial charge in [0.2, 0.25) is 0 Å². The Balaban J connectivity index is 1.83. The minimum atomic E-state index is -0.441. The molecule has 3 aromatic rings. The zero-order valence-corrected chi connectivity index (χ0v) is 17.5. The Bertz CT molecular complexity index is 1150. The molecule has 0 bridgehead atoms. The van der Waals surface area contributed by atoms with Gasteiger partial charge in [-0.15, -0.1) is 0 Å². The van der Waals surface area contributed by atoms with Crippen molar-refractivity contribution in [2.24, 2.45) is 0 Å². The molecule has 0 heterocycles. The fourth-order valence-electron chi connectivity index (χ4n) is 2.90. The van der Waals surface area contributed by atoms with Crippen LogP contribution in [0.3, 0.4) is 0 Å². The van der Waals surface area contributed by atoms with E-state index in [0.717, 1.165) is 11.1 Å². The molecular formula is C24H19ClN2O4. The lowest BCUT2D eigenvalue weighted by Gasteiger charge is -2.13. The molecule has 0 aromatic heterocycles. The average Bonchev–Trinajstić information content (AvgIpc) is 2.78. The highest BCUT2D eigenvalue weighted by Crippen LogP contribution is 2.31. The highest BCUT2D eigenvalue weighted by atomic mass is 35.5. The van der Waals surface area contributed by atoms with Gasteiger partial charge < -0.3 is 9.47 Å². The Labute approximate surface area is 185 Å². The van der Waals surface area contributed by atoms with E-state index in [1.807, 2.05) is 13.0 Å². The zero-order chi connectivity index (χ0) is 22.2. The molecule has 0 spiro atoms. The van der Waals surface area contributed by atoms with Gasteiger partial charge in [0.15, 0.2) is 11.5 Å². The van der Waals surface area contributed by atoms with Crippen molar-refractivity contribution < 1.29 is 14.4 Å². The maximum Gasteiger partial charge on any atom is 0.269 e. The maximum absolute atomic E-state index is 10.9. The van der Waals surface area contributed by atoms with Crippen LogP contribution in [0.1, 0.15) is 23.6 Å². The number of nitro groups is 1. The van der Waals surface area contributed by atoms with E-state index >= 15 is 0 Å². The molecule has 0 unspecified atom stereocenters. The second-order valence-corrected chi connectivity index (χ2v) is 6.97. The van der Waals surface area contributed by atoms with Gasteiger partial charge in [-0.25, -0.2) is 0 Å². The van der Waals surface area contributed by atoms with Crippen molar-refractivity contribution in [3.05, 3.63) is 98.6 Å². The summed E-state index contributed by atoms with van der Waals surface area (Å²) in [6, 6.07) is 20.9. The molecule has 0 atom stereocenters. The molecule has 7 heteroatoms. The SMILES string of the molecule is CCOc1cc(/C=C(\C#N)c2ccc(Cl)cc2)ccc1OCc1cccc([N+](=O)[O-])c1. The van der Waals surface area contributed by atoms with Crippen LogP contribution in [0, 0.1) is 21.4 Å². The quantitative estimate of drug-likeness (QED) is 0.180. The number of hydrogen-bond donors (Lipinski definition) is 0. The highest BCUT2D eigenvalue weighted by Gasteiger charge is 2.10. The van der Waals surface area contributed by atoms with Gasteiger partial charge in [-0.3, -0.25) is 10.1 Å². The van der Waals surface area contributed by atoms with Crippen molar-refractivity contribution in [1.82, 2.24) is 0 Å². The number of halogens is 1. The average molecular weight is 435 g/mol. The molecule has 0 fully saturated rings. The van der Waals surface area contributed by atoms with E-state index < -0.39 is 4.92 Å². The monoisotopic (exact) mass is 434 g/mol. The van der Waals surface area contributed by atoms with Crippen molar-refractivity contribution >= 4 is 28.9 Å². The Morgan fingerprint density at radius 1 is 1.10 bits per heavy atom. The summed E-state index contributed by atoms with van der Waals surface area (Å²) in [5.74, 6) is 1.03. The fraction of sp³-hybridized carbons (Fsp3) is 0.125. The van der Waals surface area contributed by atoms with Crippen LogP contribution < -0.4 is 9.47 Å². The number of hydrogen-bond acceptors (Lipinski definition) is 5. The first-order valence-corrected chi connectivity index (χ1v) is 9.88. The highest BCUT2D eigenvalue weighted by molar-refractivity contribution is 6.30. The molecule has 156 valence electrons. The van der Waals surface area contributed by atoms with Crippen LogP contribution in [0.5, 0.6) is 11.5 Å². The summed E-state index contributed by atoms with van der Waals surface area (Å²) < 4.78 is 11.5. The normalized spacial score (nSPS) is 10.9. The molecule has 0 saturated heterocycles. The molecule has 0 saturated carbocycles. The molecule has 6 nitrogen and oxygen atoms in total. The first kappa shape index (κ1) is 21.9. The van der Waals surface area contributed by atoms with E-state index in [9.17, 15) is 15.4 Å². The maximum atomic E-state index is 10.9. The standard InChI is InChI=1S/C24H19ClN2O4/c1-2-30-24-14-17(12-20(15-26)19-7-9-21(25)10-8-19)6-11-23(24)31-16-18-4-3-5-22(13-18)27(28)29/h3-14H,2,16H2,1H3/b20-12+. The smallest absolute Gasteiger partial charge is 0.269 e. The number of nitriles is 1. The van der Waals surface area contributed by atoms with Gasteiger partial charge in [0.1, 0.15) is 6.61 Å². The summed E-state index contributed by atoms with van der Waals surface area (Å²) in [6.07, 6.45) is 1.76. The molecule has 0 N–H and O–H groups in total. The van der Waals surface area contributed by atoms with Gasteiger partial charge in [0, 0.05) is 17.2 Å². The molecule has 0 amide bonds. The number of rotatable bonds is 8. The molecule has 3 rings (SSSR count). The summed E-state index contributed by atoms with van der Waals surface area (Å²) in [5, 5.41) is 21.1. The first-order valence-electron chi connectivity index (χ1n) is 9.51. The second kappa shape index (κ2) is 10.3. The number of nitrogens with zero attached hydrogens (tertiary/aromatic N) is 2. The van der Waals surface area contributed by atoms with Crippen LogP contribution >= 0.6 is 11.6 Å². The molecule has 0 radical (unpaired) electrons. The summed E-state index contributed by atoms with van der Waals surface area (Å²) >= 11 is 5.92. The summed E-state index contributed by atoms with van der Waals surface area (Å²) in [7, 11) is 0. The number of non-ortho nitro benzene ring substituents is 1. The Morgan fingerprint density at radius 3 is 2.55 bits per heavy atom. The molecule has 0 aliphatic carbocycles. The number of allylic oxidation sites excluding steroid dienone is 1. The van der Waals surface area contributed by atoms with Crippen molar-refractivity contribution in [3.63, 3.8) is 0 Å². The van der Waals surface area contributed by atoms with Gasteiger partial charge in [-0.1, -0.05) is 41.9 Å². The van der Waals surface area contributed by atoms with Crippen LogP contribution in [0.15, 0.2) is 66.7 Å². The predicted molar refractivity (Wildman–Crippen MR) is 120 cm³/mol. The van der Waals surface area contributed by atoms with E-state index in [4.69, 9.17) is 21.1 Å². The van der Waals surface area contributed by atoms with Crippen LogP contribution in [-0.2, 0) is 6.61 Å². The van der Waals surface area contributed by atoms with Crippen molar-refractivity contribution in [1.29, 1.82) is 5.26 Å². The summed E-state index contributed by atoms with van der Waals surface area (Å²) in [6.45, 7) is 2.45. The Kier molecular flexibility index (Phi) is 7.26. The Hall–Kier alpha value is -3.82. The first-order chi connectivity index (χ1) is 15.0. The van der Waals surface area contributed by atoms with E-state index in [-0.39, 0.29) is 12.3 Å². The summed E-state index contributed by atoms with van der Waals surface area (Å²) in [4.78, 5) is 10.5. The van der Waals surface area contributed by atoms with E-state index in [1.165, 1.54) is 12.1 Å². The van der Waals surface area contributed by atoms with Gasteiger partial charge in [0.05, 0.1) is 23.2 Å². The Morgan fingerprint density at radius 2 is 1.87 bits per heavy atom. The zero-order valence-electron chi connectivity index (χ0n) is 16.7. The van der Waals surface area contributed by atoms with E-state index in [0.29, 0.717) is 34.3 Å². The molecule has 0 aliphatic rings. The minimum Gasteiger partial charge on any atom is -0.490 e. The molecule has 0 aliphatic heterocycles. The van der Waals surface area contributed by atoms with E-state index in [2.05, 4.69) is 6.07 Å². The van der Waals surface area contributed by atoms with Crippen molar-refractivity contribution in [3.8, 4) is 17.6 Å². The second-order valence-electron chi connectivity index (χ2n) is 6.53. The largest absolute Gasteiger partial charge is 0.490 e. The van der Waals surface area contributed by atoms with Crippen molar-refractivity contribution in [2.45, 2.75) is 13.5 Å². The number of nitro benzene ring substituents is 1. The van der Waals surface area contributed by atoms with Gasteiger partial charge in [0.25, 0.3) is 5.69 Å². The van der Waals surface area contributed by atoms with Gasteiger partial charge >= 0.3 is 0 Å². The lowest BCUT2D eigenvalue weighted by atomic mass is 10.0. The number of benzene rings is 3. The number of ether oxygens (including phenoxy) is 2. The molecule has 31 heavy (non-hydrogen) atoms. The predicted octanol–water partition coefficient (Wildman–Crippen LogP) is 6.29. The lowest BCUT2D eigenvalue weighted by molar-refractivity contribution is -0.384. The third-order valence-electron chi connectivity index (χ3n) is 4.37. The lowest BCUT2D eigenvalue weighted by Crippen LogP contribution is -2.00. The molecule has 3 aromatic carbocycles. The minimum absolute atomic E-state index is 0.0119. The topological polar surface area (TPSA) is 85.4 Å². The van der Waals surface area contributed by atoms with Crippen LogP contribution in [-0.4, -0.2) is 11.5 Å². The molecular weight excluding hydrogens is 416 g/mol. The van der Waals surface area contributed by atoms with Crippen LogP contribution in [0.2, 0.25) is 5.02 Å². The third kappa shape index (κ3) is 5.84. The third-order valence-corrected chi connectivity index (χ3v) is 4.62. The van der Waals surface area contributed by atoms with E-state index in [1.54, 1.807) is 54.6 Å². The van der Waals surface area contributed by atoms with Crippen LogP contribution in [0.4, 0.5) is 5.69 Å². The summed E-state index contributed by atoms with van der Waals surface area (Å²) in [5.41, 5.74) is 2.71. The van der Waals surface area contributed by atoms with Gasteiger partial charge in [-0.05, 0) is 54.0 Å².